The maximum atomic E-state index is 12.3. The highest BCUT2D eigenvalue weighted by atomic mass is 32.2. The fraction of sp³-hybridized carbons (Fsp3) is 0.222. The summed E-state index contributed by atoms with van der Waals surface area (Å²) in [6.45, 7) is 2.38. The van der Waals surface area contributed by atoms with E-state index >= 15 is 0 Å². The van der Waals surface area contributed by atoms with Crippen LogP contribution in [0.15, 0.2) is 53.4 Å². The van der Waals surface area contributed by atoms with E-state index in [0.29, 0.717) is 11.3 Å². The van der Waals surface area contributed by atoms with Crippen molar-refractivity contribution < 1.29 is 22.7 Å². The average Bonchev–Trinajstić information content (AvgIpc) is 2.61. The first-order valence-corrected chi connectivity index (χ1v) is 9.34. The molecule has 2 aromatic rings. The molecule has 0 radical (unpaired) electrons. The van der Waals surface area contributed by atoms with Crippen molar-refractivity contribution in [2.24, 2.45) is 0 Å². The second kappa shape index (κ2) is 8.59. The lowest BCUT2D eigenvalue weighted by molar-refractivity contribution is -0.146. The Morgan fingerprint density at radius 1 is 1.04 bits per heavy atom. The number of esters is 1. The molecule has 0 fully saturated rings. The van der Waals surface area contributed by atoms with Gasteiger partial charge in [0.15, 0.2) is 6.61 Å². The van der Waals surface area contributed by atoms with Gasteiger partial charge < -0.3 is 10.1 Å². The van der Waals surface area contributed by atoms with Crippen molar-refractivity contribution in [2.75, 3.05) is 18.5 Å². The topological polar surface area (TPSA) is 102 Å². The van der Waals surface area contributed by atoms with Crippen LogP contribution in [0.5, 0.6) is 0 Å². The minimum Gasteiger partial charge on any atom is -0.455 e. The molecule has 2 N–H and O–H groups in total. The number of rotatable bonds is 7. The van der Waals surface area contributed by atoms with Crippen LogP contribution in [0.25, 0.3) is 0 Å². The van der Waals surface area contributed by atoms with E-state index in [4.69, 9.17) is 4.74 Å². The van der Waals surface area contributed by atoms with Crippen LogP contribution in [-0.2, 0) is 24.3 Å². The van der Waals surface area contributed by atoms with Gasteiger partial charge in [0.1, 0.15) is 6.54 Å². The van der Waals surface area contributed by atoms with Gasteiger partial charge in [0.05, 0.1) is 4.90 Å². The third kappa shape index (κ3) is 5.68. The Labute approximate surface area is 152 Å². The van der Waals surface area contributed by atoms with Crippen molar-refractivity contribution in [1.29, 1.82) is 0 Å². The monoisotopic (exact) mass is 376 g/mol. The van der Waals surface area contributed by atoms with Crippen molar-refractivity contribution in [1.82, 2.24) is 4.72 Å². The van der Waals surface area contributed by atoms with Crippen molar-refractivity contribution in [3.05, 3.63) is 59.7 Å². The normalized spacial score (nSPS) is 11.0. The van der Waals surface area contributed by atoms with Gasteiger partial charge in [-0.2, -0.15) is 4.72 Å². The van der Waals surface area contributed by atoms with Gasteiger partial charge in [-0.15, -0.1) is 0 Å². The van der Waals surface area contributed by atoms with Crippen LogP contribution < -0.4 is 10.0 Å². The lowest BCUT2D eigenvalue weighted by Gasteiger charge is -2.10. The highest BCUT2D eigenvalue weighted by Gasteiger charge is 2.19. The number of nitrogens with one attached hydrogen (secondary N) is 2. The molecule has 0 saturated heterocycles. The predicted octanol–water partition coefficient (Wildman–Crippen LogP) is 1.76. The lowest BCUT2D eigenvalue weighted by atomic mass is 10.2. The van der Waals surface area contributed by atoms with Crippen LogP contribution in [0.3, 0.4) is 0 Å². The molecular formula is C18H20N2O5S. The van der Waals surface area contributed by atoms with Crippen LogP contribution in [0.1, 0.15) is 11.1 Å². The van der Waals surface area contributed by atoms with Gasteiger partial charge in [-0.05, 0) is 43.2 Å². The molecule has 26 heavy (non-hydrogen) atoms. The largest absolute Gasteiger partial charge is 0.455 e. The van der Waals surface area contributed by atoms with Gasteiger partial charge in [-0.1, -0.05) is 30.3 Å². The highest BCUT2D eigenvalue weighted by Crippen LogP contribution is 2.16. The summed E-state index contributed by atoms with van der Waals surface area (Å²) in [4.78, 5) is 23.5. The molecule has 0 spiro atoms. The Bertz CT molecular complexity index is 895. The van der Waals surface area contributed by atoms with Gasteiger partial charge in [0.25, 0.3) is 5.91 Å². The quantitative estimate of drug-likeness (QED) is 0.717. The number of ether oxygens (including phenoxy) is 1. The zero-order chi connectivity index (χ0) is 19.2. The minimum absolute atomic E-state index is 0.104. The first kappa shape index (κ1) is 19.6. The van der Waals surface area contributed by atoms with Crippen LogP contribution in [0.2, 0.25) is 0 Å². The van der Waals surface area contributed by atoms with E-state index in [0.717, 1.165) is 5.56 Å². The molecule has 0 heterocycles. The van der Waals surface area contributed by atoms with Crippen LogP contribution in [0, 0.1) is 13.8 Å². The number of sulfonamides is 1. The molecule has 0 atom stereocenters. The Morgan fingerprint density at radius 2 is 1.73 bits per heavy atom. The number of amides is 1. The highest BCUT2D eigenvalue weighted by molar-refractivity contribution is 7.89. The molecule has 0 aliphatic rings. The number of hydrogen-bond acceptors (Lipinski definition) is 5. The summed E-state index contributed by atoms with van der Waals surface area (Å²) >= 11 is 0. The molecule has 1 amide bonds. The second-order valence-electron chi connectivity index (χ2n) is 5.67. The number of hydrogen-bond donors (Lipinski definition) is 2. The van der Waals surface area contributed by atoms with E-state index in [-0.39, 0.29) is 4.90 Å². The standard InChI is InChI=1S/C18H20N2O5S/c1-13-8-9-14(2)16(10-13)26(23,24)19-11-18(22)25-12-17(21)20-15-6-4-3-5-7-15/h3-10,19H,11-12H2,1-2H3,(H,20,21). The maximum absolute atomic E-state index is 12.3. The molecule has 2 rings (SSSR count). The minimum atomic E-state index is -3.85. The number of anilines is 1. The first-order chi connectivity index (χ1) is 12.3. The van der Waals surface area contributed by atoms with Gasteiger partial charge in [-0.3, -0.25) is 9.59 Å². The second-order valence-corrected chi connectivity index (χ2v) is 7.40. The summed E-state index contributed by atoms with van der Waals surface area (Å²) in [5.74, 6) is -1.36. The zero-order valence-corrected chi connectivity index (χ0v) is 15.3. The summed E-state index contributed by atoms with van der Waals surface area (Å²) in [5, 5.41) is 2.55. The van der Waals surface area contributed by atoms with Gasteiger partial charge in [-0.25, -0.2) is 8.42 Å². The van der Waals surface area contributed by atoms with E-state index in [1.54, 1.807) is 56.3 Å². The molecular weight excluding hydrogens is 356 g/mol. The number of carbonyl (C=O) groups excluding carboxylic acids is 2. The first-order valence-electron chi connectivity index (χ1n) is 7.85. The molecule has 0 aliphatic heterocycles. The Kier molecular flexibility index (Phi) is 6.48. The fourth-order valence-corrected chi connectivity index (χ4v) is 3.44. The van der Waals surface area contributed by atoms with Crippen molar-refractivity contribution in [3.8, 4) is 0 Å². The molecule has 0 aliphatic carbocycles. The third-order valence-electron chi connectivity index (χ3n) is 3.46. The number of carbonyl (C=O) groups is 2. The number of aryl methyl sites for hydroxylation is 2. The van der Waals surface area contributed by atoms with Crippen molar-refractivity contribution >= 4 is 27.6 Å². The maximum Gasteiger partial charge on any atom is 0.321 e. The third-order valence-corrected chi connectivity index (χ3v) is 5.00. The molecule has 8 heteroatoms. The predicted molar refractivity (Wildman–Crippen MR) is 97.1 cm³/mol. The van der Waals surface area contributed by atoms with Crippen LogP contribution in [-0.4, -0.2) is 33.4 Å². The summed E-state index contributed by atoms with van der Waals surface area (Å²) in [7, 11) is -3.85. The Morgan fingerprint density at radius 3 is 2.42 bits per heavy atom. The zero-order valence-electron chi connectivity index (χ0n) is 14.5. The molecule has 2 aromatic carbocycles. The molecule has 0 aromatic heterocycles. The fourth-order valence-electron chi connectivity index (χ4n) is 2.14. The van der Waals surface area contributed by atoms with Gasteiger partial charge >= 0.3 is 5.97 Å². The summed E-state index contributed by atoms with van der Waals surface area (Å²) in [5.41, 5.74) is 1.93. The molecule has 138 valence electrons. The smallest absolute Gasteiger partial charge is 0.321 e. The molecule has 0 saturated carbocycles. The number of benzene rings is 2. The van der Waals surface area contributed by atoms with Gasteiger partial charge in [0, 0.05) is 5.69 Å². The van der Waals surface area contributed by atoms with Crippen molar-refractivity contribution in [3.63, 3.8) is 0 Å². The van der Waals surface area contributed by atoms with E-state index in [1.807, 2.05) is 0 Å². The van der Waals surface area contributed by atoms with E-state index in [1.165, 1.54) is 6.07 Å². The summed E-state index contributed by atoms with van der Waals surface area (Å²) < 4.78 is 31.5. The molecule has 0 unspecified atom stereocenters. The van der Waals surface area contributed by atoms with Crippen LogP contribution in [0.4, 0.5) is 5.69 Å². The van der Waals surface area contributed by atoms with E-state index in [2.05, 4.69) is 10.0 Å². The SMILES string of the molecule is Cc1ccc(C)c(S(=O)(=O)NCC(=O)OCC(=O)Nc2ccccc2)c1. The Balaban J connectivity index is 1.84. The van der Waals surface area contributed by atoms with E-state index in [9.17, 15) is 18.0 Å². The average molecular weight is 376 g/mol. The van der Waals surface area contributed by atoms with E-state index < -0.39 is 35.1 Å². The molecule has 0 bridgehead atoms. The summed E-state index contributed by atoms with van der Waals surface area (Å²) in [6, 6.07) is 13.7. The Hall–Kier alpha value is -2.71. The summed E-state index contributed by atoms with van der Waals surface area (Å²) in [6.07, 6.45) is 0. The van der Waals surface area contributed by atoms with Crippen molar-refractivity contribution in [2.45, 2.75) is 18.7 Å². The lowest BCUT2D eigenvalue weighted by Crippen LogP contribution is -2.32. The molecule has 7 nitrogen and oxygen atoms in total. The number of para-hydroxylation sites is 1. The van der Waals surface area contributed by atoms with Gasteiger partial charge in [0.2, 0.25) is 10.0 Å². The van der Waals surface area contributed by atoms with Crippen LogP contribution >= 0.6 is 0 Å².